The Hall–Kier alpha value is -1.67. The van der Waals surface area contributed by atoms with Gasteiger partial charge in [-0.3, -0.25) is 4.98 Å². The van der Waals surface area contributed by atoms with Crippen LogP contribution in [0.5, 0.6) is 0 Å². The van der Waals surface area contributed by atoms with Gasteiger partial charge in [0.05, 0.1) is 6.04 Å². The summed E-state index contributed by atoms with van der Waals surface area (Å²) < 4.78 is 0. The van der Waals surface area contributed by atoms with Crippen LogP contribution in [0.3, 0.4) is 0 Å². The van der Waals surface area contributed by atoms with Crippen molar-refractivity contribution in [1.29, 1.82) is 0 Å². The maximum atomic E-state index is 4.36. The summed E-state index contributed by atoms with van der Waals surface area (Å²) >= 11 is 0. The molecule has 2 rings (SSSR count). The van der Waals surface area contributed by atoms with Gasteiger partial charge in [-0.1, -0.05) is 35.9 Å². The summed E-state index contributed by atoms with van der Waals surface area (Å²) in [7, 11) is 1.98. The summed E-state index contributed by atoms with van der Waals surface area (Å²) in [5.74, 6) is 0. The molecule has 0 saturated carbocycles. The van der Waals surface area contributed by atoms with Crippen LogP contribution in [0.15, 0.2) is 42.6 Å². The van der Waals surface area contributed by atoms with E-state index in [2.05, 4.69) is 53.6 Å². The van der Waals surface area contributed by atoms with Crippen LogP contribution < -0.4 is 5.32 Å². The van der Waals surface area contributed by atoms with Crippen LogP contribution in [0, 0.1) is 13.8 Å². The van der Waals surface area contributed by atoms with Crippen molar-refractivity contribution in [3.05, 3.63) is 65.0 Å². The third-order valence-electron chi connectivity index (χ3n) is 2.93. The fraction of sp³-hybridized carbons (Fsp3) is 0.267. The van der Waals surface area contributed by atoms with Crippen molar-refractivity contribution in [2.24, 2.45) is 0 Å². The van der Waals surface area contributed by atoms with Gasteiger partial charge in [-0.05, 0) is 38.1 Å². The van der Waals surface area contributed by atoms with E-state index in [1.807, 2.05) is 20.2 Å². The lowest BCUT2D eigenvalue weighted by Gasteiger charge is -2.17. The number of nitrogens with zero attached hydrogens (tertiary/aromatic N) is 1. The number of benzene rings is 1. The van der Waals surface area contributed by atoms with Gasteiger partial charge in [0.15, 0.2) is 0 Å². The first-order valence-electron chi connectivity index (χ1n) is 5.87. The number of rotatable bonds is 3. The number of hydrogen-bond donors (Lipinski definition) is 1. The summed E-state index contributed by atoms with van der Waals surface area (Å²) in [6, 6.07) is 13.0. The van der Waals surface area contributed by atoms with Crippen molar-refractivity contribution in [1.82, 2.24) is 10.3 Å². The Bertz CT molecular complexity index is 489. The van der Waals surface area contributed by atoms with Crippen molar-refractivity contribution in [3.63, 3.8) is 0 Å². The fourth-order valence-electron chi connectivity index (χ4n) is 2.03. The minimum atomic E-state index is 0.211. The smallest absolute Gasteiger partial charge is 0.0589 e. The normalized spacial score (nSPS) is 12.4. The number of pyridine rings is 1. The lowest BCUT2D eigenvalue weighted by Crippen LogP contribution is -2.17. The second kappa shape index (κ2) is 5.11. The quantitative estimate of drug-likeness (QED) is 0.870. The molecule has 2 nitrogen and oxygen atoms in total. The molecule has 0 fully saturated rings. The highest BCUT2D eigenvalue weighted by Gasteiger charge is 2.11. The summed E-state index contributed by atoms with van der Waals surface area (Å²) in [5.41, 5.74) is 4.80. The number of aromatic nitrogens is 1. The average Bonchev–Trinajstić information content (AvgIpc) is 2.33. The van der Waals surface area contributed by atoms with Gasteiger partial charge < -0.3 is 5.32 Å². The molecular formula is C15H18N2. The molecule has 0 radical (unpaired) electrons. The Morgan fingerprint density at radius 2 is 1.88 bits per heavy atom. The minimum absolute atomic E-state index is 0.211. The van der Waals surface area contributed by atoms with Crippen LogP contribution in [-0.4, -0.2) is 12.0 Å². The largest absolute Gasteiger partial charge is 0.309 e. The van der Waals surface area contributed by atoms with Crippen molar-refractivity contribution < 1.29 is 0 Å². The van der Waals surface area contributed by atoms with Gasteiger partial charge >= 0.3 is 0 Å². The predicted molar refractivity (Wildman–Crippen MR) is 71.1 cm³/mol. The van der Waals surface area contributed by atoms with E-state index in [1.165, 1.54) is 16.7 Å². The molecule has 2 heteroatoms. The molecule has 0 bridgehead atoms. The van der Waals surface area contributed by atoms with E-state index >= 15 is 0 Å². The average molecular weight is 226 g/mol. The Labute approximate surface area is 103 Å². The van der Waals surface area contributed by atoms with Crippen molar-refractivity contribution in [2.45, 2.75) is 19.9 Å². The fourth-order valence-corrected chi connectivity index (χ4v) is 2.03. The molecule has 0 aliphatic rings. The van der Waals surface area contributed by atoms with Crippen LogP contribution in [0.25, 0.3) is 0 Å². The Morgan fingerprint density at radius 3 is 2.47 bits per heavy atom. The van der Waals surface area contributed by atoms with Gasteiger partial charge in [-0.15, -0.1) is 0 Å². The highest BCUT2D eigenvalue weighted by atomic mass is 14.9. The van der Waals surface area contributed by atoms with Gasteiger partial charge in [0, 0.05) is 11.9 Å². The Kier molecular flexibility index (Phi) is 3.55. The summed E-state index contributed by atoms with van der Waals surface area (Å²) in [4.78, 5) is 4.36. The van der Waals surface area contributed by atoms with Crippen LogP contribution >= 0.6 is 0 Å². The van der Waals surface area contributed by atoms with Gasteiger partial charge in [0.1, 0.15) is 0 Å². The van der Waals surface area contributed by atoms with Crippen LogP contribution in [0.2, 0.25) is 0 Å². The van der Waals surface area contributed by atoms with Gasteiger partial charge in [0.2, 0.25) is 0 Å². The molecule has 2 aromatic rings. The molecule has 17 heavy (non-hydrogen) atoms. The molecule has 1 unspecified atom stereocenters. The Balaban J connectivity index is 2.36. The second-order valence-electron chi connectivity index (χ2n) is 4.37. The second-order valence-corrected chi connectivity index (χ2v) is 4.37. The zero-order chi connectivity index (χ0) is 12.3. The number of aryl methyl sites for hydroxylation is 2. The van der Waals surface area contributed by atoms with Crippen molar-refractivity contribution >= 4 is 0 Å². The zero-order valence-electron chi connectivity index (χ0n) is 10.6. The van der Waals surface area contributed by atoms with Gasteiger partial charge in [0.25, 0.3) is 0 Å². The van der Waals surface area contributed by atoms with Crippen molar-refractivity contribution in [2.75, 3.05) is 7.05 Å². The van der Waals surface area contributed by atoms with Gasteiger partial charge in [-0.25, -0.2) is 0 Å². The van der Waals surface area contributed by atoms with Crippen LogP contribution in [0.1, 0.15) is 28.4 Å². The first-order chi connectivity index (χ1) is 8.20. The molecule has 0 saturated heterocycles. The molecule has 1 atom stereocenters. The maximum absolute atomic E-state index is 4.36. The lowest BCUT2D eigenvalue weighted by atomic mass is 9.99. The van der Waals surface area contributed by atoms with Crippen LogP contribution in [0.4, 0.5) is 0 Å². The highest BCUT2D eigenvalue weighted by molar-refractivity contribution is 5.33. The van der Waals surface area contributed by atoms with E-state index in [1.54, 1.807) is 0 Å². The van der Waals surface area contributed by atoms with Crippen LogP contribution in [-0.2, 0) is 0 Å². The van der Waals surface area contributed by atoms with E-state index in [9.17, 15) is 0 Å². The molecule has 1 aromatic carbocycles. The first-order valence-corrected chi connectivity index (χ1v) is 5.87. The lowest BCUT2D eigenvalue weighted by molar-refractivity contribution is 0.687. The zero-order valence-corrected chi connectivity index (χ0v) is 10.6. The van der Waals surface area contributed by atoms with E-state index in [-0.39, 0.29) is 6.04 Å². The molecule has 0 aliphatic heterocycles. The van der Waals surface area contributed by atoms with Crippen molar-refractivity contribution in [3.8, 4) is 0 Å². The molecule has 88 valence electrons. The standard InChI is InChI=1S/C15H18N2/c1-11-5-4-6-13(9-11)15(16-3)14-8-7-12(2)17-10-14/h4-10,15-16H,1-3H3. The monoisotopic (exact) mass is 226 g/mol. The number of hydrogen-bond acceptors (Lipinski definition) is 2. The van der Waals surface area contributed by atoms with Gasteiger partial charge in [-0.2, -0.15) is 0 Å². The number of nitrogens with one attached hydrogen (secondary N) is 1. The summed E-state index contributed by atoms with van der Waals surface area (Å²) in [5, 5.41) is 3.34. The minimum Gasteiger partial charge on any atom is -0.309 e. The third-order valence-corrected chi connectivity index (χ3v) is 2.93. The third kappa shape index (κ3) is 2.71. The molecule has 1 heterocycles. The SMILES string of the molecule is CNC(c1ccc(C)nc1)c1cccc(C)c1. The molecule has 0 amide bonds. The van der Waals surface area contributed by atoms with E-state index in [4.69, 9.17) is 0 Å². The van der Waals surface area contributed by atoms with E-state index in [0.29, 0.717) is 0 Å². The molecule has 1 aromatic heterocycles. The topological polar surface area (TPSA) is 24.9 Å². The van der Waals surface area contributed by atoms with E-state index < -0.39 is 0 Å². The molecular weight excluding hydrogens is 208 g/mol. The maximum Gasteiger partial charge on any atom is 0.0589 e. The Morgan fingerprint density at radius 1 is 1.06 bits per heavy atom. The molecule has 0 spiro atoms. The molecule has 0 aliphatic carbocycles. The first kappa shape index (κ1) is 11.8. The molecule has 1 N–H and O–H groups in total. The van der Waals surface area contributed by atoms with E-state index in [0.717, 1.165) is 5.69 Å². The predicted octanol–water partition coefficient (Wildman–Crippen LogP) is 3.01. The summed E-state index contributed by atoms with van der Waals surface area (Å²) in [6.07, 6.45) is 1.94. The highest BCUT2D eigenvalue weighted by Crippen LogP contribution is 2.21. The summed E-state index contributed by atoms with van der Waals surface area (Å²) in [6.45, 7) is 4.12.